The van der Waals surface area contributed by atoms with Gasteiger partial charge in [-0.2, -0.15) is 8.78 Å². The van der Waals surface area contributed by atoms with Gasteiger partial charge in [0.15, 0.2) is 5.16 Å². The number of aliphatic hydroxyl groups is 1. The largest absolute Gasteiger partial charge is 0.353 e. The van der Waals surface area contributed by atoms with E-state index in [1.807, 2.05) is 0 Å². The van der Waals surface area contributed by atoms with Crippen molar-refractivity contribution in [2.24, 2.45) is 0 Å². The van der Waals surface area contributed by atoms with E-state index in [4.69, 9.17) is 5.11 Å². The minimum atomic E-state index is -2.38. The molecule has 46 valence electrons. The monoisotopic (exact) mass is 138 g/mol. The second-order valence-electron chi connectivity index (χ2n) is 1.50. The summed E-state index contributed by atoms with van der Waals surface area (Å²) < 4.78 is 23.9. The molecule has 0 unspecified atom stereocenters. The third-order valence-electron chi connectivity index (χ3n) is 0.768. The van der Waals surface area contributed by atoms with Gasteiger partial charge < -0.3 is 5.11 Å². The normalized spacial score (nSPS) is 37.6. The summed E-state index contributed by atoms with van der Waals surface area (Å²) in [6, 6.07) is 0. The molecule has 1 rings (SSSR count). The lowest BCUT2D eigenvalue weighted by molar-refractivity contribution is 0.0101. The molecule has 1 heterocycles. The van der Waals surface area contributed by atoms with E-state index in [-0.39, 0.29) is 18.2 Å². The van der Waals surface area contributed by atoms with Crippen LogP contribution >= 0.6 is 11.8 Å². The topological polar surface area (TPSA) is 20.2 Å². The summed E-state index contributed by atoms with van der Waals surface area (Å²) >= 11 is 0.206. The van der Waals surface area contributed by atoms with E-state index in [1.54, 1.807) is 0 Å². The third-order valence-corrected chi connectivity index (χ3v) is 1.61. The van der Waals surface area contributed by atoms with Crippen molar-refractivity contribution in [1.82, 2.24) is 0 Å². The molecule has 0 aliphatic carbocycles. The summed E-state index contributed by atoms with van der Waals surface area (Å²) in [4.78, 5) is 0. The van der Waals surface area contributed by atoms with Gasteiger partial charge in [-0.05, 0) is 17.8 Å². The molecule has 1 aliphatic rings. The first-order chi connectivity index (χ1) is 3.60. The van der Waals surface area contributed by atoms with Gasteiger partial charge in [-0.1, -0.05) is 0 Å². The molecular formula is C4H4F2OS. The SMILES string of the molecule is O[C@]1(F)CC=C(F)S1. The van der Waals surface area contributed by atoms with Crippen molar-refractivity contribution in [2.75, 3.05) is 0 Å². The number of alkyl halides is 1. The molecule has 0 aromatic carbocycles. The standard InChI is InChI=1S/C4H4F2OS/c5-3-1-2-4(6,7)8-3/h1,7H,2H2/t4-/m1/s1. The lowest BCUT2D eigenvalue weighted by atomic mass is 10.4. The Bertz CT molecular complexity index is 132. The van der Waals surface area contributed by atoms with Gasteiger partial charge in [0.05, 0.1) is 0 Å². The maximum Gasteiger partial charge on any atom is 0.265 e. The minimum Gasteiger partial charge on any atom is -0.353 e. The zero-order valence-corrected chi connectivity index (χ0v) is 4.71. The molecule has 0 radical (unpaired) electrons. The molecule has 4 heteroatoms. The van der Waals surface area contributed by atoms with Gasteiger partial charge >= 0.3 is 0 Å². The zero-order chi connectivity index (χ0) is 6.20. The first-order valence-corrected chi connectivity index (χ1v) is 2.88. The number of hydrogen-bond donors (Lipinski definition) is 1. The molecule has 0 bridgehead atoms. The van der Waals surface area contributed by atoms with Crippen LogP contribution in [0.15, 0.2) is 11.2 Å². The Morgan fingerprint density at radius 1 is 1.88 bits per heavy atom. The maximum atomic E-state index is 12.1. The van der Waals surface area contributed by atoms with Crippen LogP contribution in [0.4, 0.5) is 8.78 Å². The van der Waals surface area contributed by atoms with Crippen LogP contribution in [0.5, 0.6) is 0 Å². The van der Waals surface area contributed by atoms with E-state index in [9.17, 15) is 8.78 Å². The molecule has 1 aliphatic heterocycles. The summed E-state index contributed by atoms with van der Waals surface area (Å²) in [6.45, 7) is 0. The van der Waals surface area contributed by atoms with Crippen molar-refractivity contribution in [2.45, 2.75) is 11.6 Å². The lowest BCUT2D eigenvalue weighted by Crippen LogP contribution is -2.10. The van der Waals surface area contributed by atoms with E-state index in [1.165, 1.54) is 0 Å². The lowest BCUT2D eigenvalue weighted by Gasteiger charge is -2.06. The van der Waals surface area contributed by atoms with Crippen molar-refractivity contribution in [1.29, 1.82) is 0 Å². The third kappa shape index (κ3) is 1.20. The van der Waals surface area contributed by atoms with Gasteiger partial charge in [-0.3, -0.25) is 0 Å². The molecule has 0 aromatic rings. The number of rotatable bonds is 0. The number of hydrogen-bond acceptors (Lipinski definition) is 2. The first-order valence-electron chi connectivity index (χ1n) is 2.06. The summed E-state index contributed by atoms with van der Waals surface area (Å²) in [5.41, 5.74) is 0. The fourth-order valence-electron chi connectivity index (χ4n) is 0.439. The van der Waals surface area contributed by atoms with E-state index >= 15 is 0 Å². The van der Waals surface area contributed by atoms with E-state index < -0.39 is 10.3 Å². The highest BCUT2D eigenvalue weighted by molar-refractivity contribution is 8.04. The molecule has 0 amide bonds. The van der Waals surface area contributed by atoms with Crippen LogP contribution in [-0.4, -0.2) is 10.3 Å². The Morgan fingerprint density at radius 3 is 2.62 bits per heavy atom. The number of thioether (sulfide) groups is 1. The zero-order valence-electron chi connectivity index (χ0n) is 3.90. The summed E-state index contributed by atoms with van der Waals surface area (Å²) in [5.74, 6) is 0. The highest BCUT2D eigenvalue weighted by Gasteiger charge is 2.32. The quantitative estimate of drug-likeness (QED) is 0.548. The molecule has 1 nitrogen and oxygen atoms in total. The summed E-state index contributed by atoms with van der Waals surface area (Å²) in [7, 11) is 0. The van der Waals surface area contributed by atoms with Gasteiger partial charge in [-0.15, -0.1) is 0 Å². The van der Waals surface area contributed by atoms with Gasteiger partial charge in [-0.25, -0.2) is 0 Å². The Balaban J connectivity index is 2.55. The molecule has 0 aromatic heterocycles. The van der Waals surface area contributed by atoms with Gasteiger partial charge in [0.25, 0.3) is 5.19 Å². The van der Waals surface area contributed by atoms with Crippen molar-refractivity contribution in [3.63, 3.8) is 0 Å². The summed E-state index contributed by atoms with van der Waals surface area (Å²) in [5, 5.41) is 5.34. The second kappa shape index (κ2) is 1.70. The average molecular weight is 138 g/mol. The Morgan fingerprint density at radius 2 is 2.50 bits per heavy atom. The first kappa shape index (κ1) is 6.04. The molecule has 0 fully saturated rings. The van der Waals surface area contributed by atoms with Crippen LogP contribution in [0.2, 0.25) is 0 Å². The van der Waals surface area contributed by atoms with Gasteiger partial charge in [0.1, 0.15) is 0 Å². The fraction of sp³-hybridized carbons (Fsp3) is 0.500. The predicted molar refractivity (Wildman–Crippen MR) is 27.5 cm³/mol. The Labute approximate surface area is 49.4 Å². The Hall–Kier alpha value is -0.0900. The molecule has 8 heavy (non-hydrogen) atoms. The molecular weight excluding hydrogens is 134 g/mol. The van der Waals surface area contributed by atoms with Gasteiger partial charge in [0, 0.05) is 6.42 Å². The molecule has 0 saturated carbocycles. The maximum absolute atomic E-state index is 12.1. The van der Waals surface area contributed by atoms with Crippen LogP contribution in [0.3, 0.4) is 0 Å². The molecule has 1 atom stereocenters. The molecule has 0 spiro atoms. The number of halogens is 2. The summed E-state index contributed by atoms with van der Waals surface area (Å²) in [6.07, 6.45) is 0.772. The van der Waals surface area contributed by atoms with E-state index in [2.05, 4.69) is 0 Å². The Kier molecular flexibility index (Phi) is 1.28. The highest BCUT2D eigenvalue weighted by Crippen LogP contribution is 2.41. The van der Waals surface area contributed by atoms with Crippen molar-refractivity contribution in [3.05, 3.63) is 11.2 Å². The van der Waals surface area contributed by atoms with Crippen LogP contribution in [0.25, 0.3) is 0 Å². The van der Waals surface area contributed by atoms with Crippen LogP contribution in [0, 0.1) is 0 Å². The molecule has 1 N–H and O–H groups in total. The van der Waals surface area contributed by atoms with Gasteiger partial charge in [0.2, 0.25) is 0 Å². The van der Waals surface area contributed by atoms with Crippen molar-refractivity contribution in [3.8, 4) is 0 Å². The van der Waals surface area contributed by atoms with Crippen LogP contribution < -0.4 is 0 Å². The van der Waals surface area contributed by atoms with Crippen LogP contribution in [-0.2, 0) is 0 Å². The average Bonchev–Trinajstić information content (AvgIpc) is 1.82. The fourth-order valence-corrected chi connectivity index (χ4v) is 1.07. The smallest absolute Gasteiger partial charge is 0.265 e. The van der Waals surface area contributed by atoms with Crippen molar-refractivity contribution < 1.29 is 13.9 Å². The van der Waals surface area contributed by atoms with E-state index in [0.29, 0.717) is 0 Å². The van der Waals surface area contributed by atoms with Crippen LogP contribution in [0.1, 0.15) is 6.42 Å². The van der Waals surface area contributed by atoms with Crippen molar-refractivity contribution >= 4 is 11.8 Å². The minimum absolute atomic E-state index is 0.206. The second-order valence-corrected chi connectivity index (χ2v) is 2.72. The predicted octanol–water partition coefficient (Wildman–Crippen LogP) is 1.55. The van der Waals surface area contributed by atoms with E-state index in [0.717, 1.165) is 6.08 Å². The highest BCUT2D eigenvalue weighted by atomic mass is 32.2. The molecule has 0 saturated heterocycles.